The van der Waals surface area contributed by atoms with Crippen LogP contribution in [0.3, 0.4) is 0 Å². The maximum atomic E-state index is 12.2. The molecule has 1 aliphatic heterocycles. The first-order chi connectivity index (χ1) is 13.9. The third-order valence-corrected chi connectivity index (χ3v) is 4.42. The number of benzene rings is 2. The standard InChI is InChI=1S/C20H19N3O6/c24-18(21-16-7-1-2-8-17(16)23(27)28)13-29-20(26)15-6-3-5-14(11-15)12-22-10-4-9-19(22)25/h1-3,5-8,11H,4,9-10,12-13H2,(H,21,24). The van der Waals surface area contributed by atoms with Gasteiger partial charge in [0.2, 0.25) is 5.91 Å². The van der Waals surface area contributed by atoms with Crippen molar-refractivity contribution in [3.63, 3.8) is 0 Å². The van der Waals surface area contributed by atoms with Gasteiger partial charge in [-0.15, -0.1) is 0 Å². The molecule has 0 atom stereocenters. The third kappa shape index (κ3) is 5.16. The lowest BCUT2D eigenvalue weighted by atomic mass is 10.1. The minimum Gasteiger partial charge on any atom is -0.452 e. The van der Waals surface area contributed by atoms with Gasteiger partial charge < -0.3 is 15.0 Å². The topological polar surface area (TPSA) is 119 Å². The van der Waals surface area contributed by atoms with Gasteiger partial charge >= 0.3 is 5.97 Å². The average molecular weight is 397 g/mol. The molecule has 1 heterocycles. The highest BCUT2D eigenvalue weighted by Gasteiger charge is 2.21. The number of nitrogens with zero attached hydrogens (tertiary/aromatic N) is 2. The predicted molar refractivity (Wildman–Crippen MR) is 103 cm³/mol. The summed E-state index contributed by atoms with van der Waals surface area (Å²) >= 11 is 0. The monoisotopic (exact) mass is 397 g/mol. The van der Waals surface area contributed by atoms with Crippen molar-refractivity contribution >= 4 is 29.2 Å². The van der Waals surface area contributed by atoms with Gasteiger partial charge in [0.1, 0.15) is 5.69 Å². The van der Waals surface area contributed by atoms with E-state index in [9.17, 15) is 24.5 Å². The normalized spacial score (nSPS) is 13.2. The van der Waals surface area contributed by atoms with Crippen LogP contribution in [-0.2, 0) is 20.9 Å². The van der Waals surface area contributed by atoms with Gasteiger partial charge in [0.05, 0.1) is 10.5 Å². The van der Waals surface area contributed by atoms with Crippen molar-refractivity contribution in [1.29, 1.82) is 0 Å². The fraction of sp³-hybridized carbons (Fsp3) is 0.250. The van der Waals surface area contributed by atoms with Gasteiger partial charge in [-0.1, -0.05) is 24.3 Å². The number of nitro groups is 1. The Kier molecular flexibility index (Phi) is 6.18. The summed E-state index contributed by atoms with van der Waals surface area (Å²) in [6.45, 7) is 0.525. The second-order valence-electron chi connectivity index (χ2n) is 6.52. The highest BCUT2D eigenvalue weighted by Crippen LogP contribution is 2.23. The van der Waals surface area contributed by atoms with Crippen molar-refractivity contribution < 1.29 is 24.0 Å². The van der Waals surface area contributed by atoms with Crippen molar-refractivity contribution in [2.45, 2.75) is 19.4 Å². The molecule has 1 aliphatic rings. The van der Waals surface area contributed by atoms with E-state index in [1.165, 1.54) is 18.2 Å². The lowest BCUT2D eigenvalue weighted by Gasteiger charge is -2.15. The molecule has 0 bridgehead atoms. The van der Waals surface area contributed by atoms with Crippen LogP contribution in [0.2, 0.25) is 0 Å². The van der Waals surface area contributed by atoms with Gasteiger partial charge in [-0.3, -0.25) is 19.7 Å². The van der Waals surface area contributed by atoms with Crippen LogP contribution in [0.25, 0.3) is 0 Å². The first-order valence-electron chi connectivity index (χ1n) is 9.01. The number of anilines is 1. The van der Waals surface area contributed by atoms with Crippen LogP contribution in [0.5, 0.6) is 0 Å². The SMILES string of the molecule is O=C(COC(=O)c1cccc(CN2CCCC2=O)c1)Nc1ccccc1[N+](=O)[O-]. The fourth-order valence-electron chi connectivity index (χ4n) is 3.03. The van der Waals surface area contributed by atoms with E-state index >= 15 is 0 Å². The van der Waals surface area contributed by atoms with Crippen molar-refractivity contribution in [2.24, 2.45) is 0 Å². The number of hydrogen-bond donors (Lipinski definition) is 1. The Morgan fingerprint density at radius 2 is 1.97 bits per heavy atom. The molecule has 1 N–H and O–H groups in total. The quantitative estimate of drug-likeness (QED) is 0.436. The van der Waals surface area contributed by atoms with Gasteiger partial charge in [0.25, 0.3) is 11.6 Å². The average Bonchev–Trinajstić information content (AvgIpc) is 3.11. The summed E-state index contributed by atoms with van der Waals surface area (Å²) in [6, 6.07) is 12.3. The van der Waals surface area contributed by atoms with E-state index in [0.29, 0.717) is 19.5 Å². The number of nitro benzene ring substituents is 1. The Bertz CT molecular complexity index is 959. The number of amides is 2. The molecule has 1 fully saturated rings. The van der Waals surface area contributed by atoms with Crippen LogP contribution in [0.4, 0.5) is 11.4 Å². The second kappa shape index (κ2) is 8.96. The van der Waals surface area contributed by atoms with Crippen LogP contribution < -0.4 is 5.32 Å². The Morgan fingerprint density at radius 3 is 2.69 bits per heavy atom. The molecular weight excluding hydrogens is 378 g/mol. The highest BCUT2D eigenvalue weighted by molar-refractivity contribution is 5.96. The number of hydrogen-bond acceptors (Lipinski definition) is 6. The summed E-state index contributed by atoms with van der Waals surface area (Å²) in [5.74, 6) is -1.30. The predicted octanol–water partition coefficient (Wildman–Crippen LogP) is 2.51. The van der Waals surface area contributed by atoms with E-state index in [0.717, 1.165) is 12.0 Å². The molecule has 29 heavy (non-hydrogen) atoms. The van der Waals surface area contributed by atoms with Crippen molar-refractivity contribution in [1.82, 2.24) is 4.90 Å². The lowest BCUT2D eigenvalue weighted by Crippen LogP contribution is -2.24. The number of carbonyl (C=O) groups is 3. The van der Waals surface area contributed by atoms with Gasteiger partial charge in [-0.25, -0.2) is 4.79 Å². The molecule has 3 rings (SSSR count). The maximum Gasteiger partial charge on any atom is 0.338 e. The van der Waals surface area contributed by atoms with Crippen LogP contribution >= 0.6 is 0 Å². The fourth-order valence-corrected chi connectivity index (χ4v) is 3.03. The zero-order valence-corrected chi connectivity index (χ0v) is 15.5. The van der Waals surface area contributed by atoms with Gasteiger partial charge in [-0.2, -0.15) is 0 Å². The second-order valence-corrected chi connectivity index (χ2v) is 6.52. The number of esters is 1. The van der Waals surface area contributed by atoms with E-state index in [4.69, 9.17) is 4.74 Å². The number of carbonyl (C=O) groups excluding carboxylic acids is 3. The molecule has 0 saturated carbocycles. The van der Waals surface area contributed by atoms with Gasteiger partial charge in [0, 0.05) is 25.6 Å². The van der Waals surface area contributed by atoms with E-state index < -0.39 is 23.4 Å². The summed E-state index contributed by atoms with van der Waals surface area (Å²) in [5.41, 5.74) is 0.818. The van der Waals surface area contributed by atoms with Gasteiger partial charge in [-0.05, 0) is 30.2 Å². The highest BCUT2D eigenvalue weighted by atomic mass is 16.6. The summed E-state index contributed by atoms with van der Waals surface area (Å²) in [6.07, 6.45) is 1.37. The molecular formula is C20H19N3O6. The van der Waals surface area contributed by atoms with Gasteiger partial charge in [0.15, 0.2) is 6.61 Å². The number of ether oxygens (including phenoxy) is 1. The molecule has 0 radical (unpaired) electrons. The van der Waals surface area contributed by atoms with E-state index in [1.807, 2.05) is 6.07 Å². The lowest BCUT2D eigenvalue weighted by molar-refractivity contribution is -0.383. The summed E-state index contributed by atoms with van der Waals surface area (Å²) < 4.78 is 5.01. The molecule has 0 unspecified atom stereocenters. The van der Waals surface area contributed by atoms with Crippen LogP contribution in [0.1, 0.15) is 28.8 Å². The maximum absolute atomic E-state index is 12.2. The molecule has 9 nitrogen and oxygen atoms in total. The molecule has 2 aromatic carbocycles. The molecule has 0 aliphatic carbocycles. The third-order valence-electron chi connectivity index (χ3n) is 4.42. The molecule has 2 aromatic rings. The van der Waals surface area contributed by atoms with Crippen LogP contribution in [-0.4, -0.2) is 40.8 Å². The first kappa shape index (κ1) is 20.0. The molecule has 150 valence electrons. The van der Waals surface area contributed by atoms with Crippen molar-refractivity contribution in [3.8, 4) is 0 Å². The Balaban J connectivity index is 1.57. The smallest absolute Gasteiger partial charge is 0.338 e. The molecule has 0 aromatic heterocycles. The minimum atomic E-state index is -0.697. The Labute approximate surface area is 166 Å². The summed E-state index contributed by atoms with van der Waals surface area (Å²) in [5, 5.41) is 13.3. The number of rotatable bonds is 7. The Morgan fingerprint density at radius 1 is 1.17 bits per heavy atom. The number of nitrogens with one attached hydrogen (secondary N) is 1. The van der Waals surface area contributed by atoms with Crippen molar-refractivity contribution in [2.75, 3.05) is 18.5 Å². The zero-order chi connectivity index (χ0) is 20.8. The zero-order valence-electron chi connectivity index (χ0n) is 15.5. The van der Waals surface area contributed by atoms with Crippen molar-refractivity contribution in [3.05, 3.63) is 69.8 Å². The molecule has 0 spiro atoms. The molecule has 9 heteroatoms. The van der Waals surface area contributed by atoms with E-state index in [2.05, 4.69) is 5.32 Å². The largest absolute Gasteiger partial charge is 0.452 e. The Hall–Kier alpha value is -3.75. The van der Waals surface area contributed by atoms with E-state index in [-0.39, 0.29) is 22.8 Å². The van der Waals surface area contributed by atoms with Crippen LogP contribution in [0, 0.1) is 10.1 Å². The summed E-state index contributed by atoms with van der Waals surface area (Å²) in [7, 11) is 0. The van der Waals surface area contributed by atoms with Crippen LogP contribution in [0.15, 0.2) is 48.5 Å². The molecule has 1 saturated heterocycles. The number of likely N-dealkylation sites (tertiary alicyclic amines) is 1. The molecule has 2 amide bonds. The first-order valence-corrected chi connectivity index (χ1v) is 9.01. The minimum absolute atomic E-state index is 0.0239. The van der Waals surface area contributed by atoms with E-state index in [1.54, 1.807) is 29.2 Å². The summed E-state index contributed by atoms with van der Waals surface area (Å²) in [4.78, 5) is 48.1. The number of para-hydroxylation sites is 2.